The summed E-state index contributed by atoms with van der Waals surface area (Å²) in [7, 11) is 0. The number of aryl methyl sites for hydroxylation is 1. The number of fused-ring (bicyclic) bond motifs is 1. The lowest BCUT2D eigenvalue weighted by Gasteiger charge is -2.34. The molecule has 0 aliphatic carbocycles. The van der Waals surface area contributed by atoms with Crippen molar-refractivity contribution < 1.29 is 4.79 Å². The van der Waals surface area contributed by atoms with Crippen molar-refractivity contribution in [1.29, 1.82) is 0 Å². The van der Waals surface area contributed by atoms with Crippen LogP contribution in [0, 0.1) is 6.92 Å². The van der Waals surface area contributed by atoms with E-state index in [1.54, 1.807) is 23.1 Å². The molecule has 2 heterocycles. The Morgan fingerprint density at radius 1 is 1.15 bits per heavy atom. The average molecular weight is 348 g/mol. The highest BCUT2D eigenvalue weighted by Crippen LogP contribution is 2.21. The number of hydrogen-bond donors (Lipinski definition) is 2. The van der Waals surface area contributed by atoms with Gasteiger partial charge in [0.05, 0.1) is 11.6 Å². The summed E-state index contributed by atoms with van der Waals surface area (Å²) in [6, 6.07) is 15.3. The van der Waals surface area contributed by atoms with E-state index < -0.39 is 0 Å². The number of piperazine rings is 1. The number of aromatic nitrogens is 2. The van der Waals surface area contributed by atoms with Gasteiger partial charge in [-0.2, -0.15) is 5.10 Å². The van der Waals surface area contributed by atoms with Crippen LogP contribution >= 0.6 is 0 Å². The molecule has 1 fully saturated rings. The average Bonchev–Trinajstić information content (AvgIpc) is 2.68. The molecule has 6 nitrogen and oxygen atoms in total. The Morgan fingerprint density at radius 3 is 2.77 bits per heavy atom. The first-order valence-corrected chi connectivity index (χ1v) is 8.71. The standard InChI is InChI=1S/C20H20N4O2/c1-13-6-2-3-7-14(13)17-12-24(11-10-21-17)20(26)18-19(25)15-8-4-5-9-16(15)22-23-18/h2-9,17,21H,10-12H2,1H3,(H,22,25). The fraction of sp³-hybridized carbons (Fsp3) is 0.250. The largest absolute Gasteiger partial charge is 0.334 e. The summed E-state index contributed by atoms with van der Waals surface area (Å²) in [4.78, 5) is 27.3. The zero-order valence-corrected chi connectivity index (χ0v) is 14.5. The molecule has 132 valence electrons. The molecule has 26 heavy (non-hydrogen) atoms. The molecule has 0 saturated carbocycles. The summed E-state index contributed by atoms with van der Waals surface area (Å²) in [6.45, 7) is 3.80. The van der Waals surface area contributed by atoms with Crippen LogP contribution in [0.25, 0.3) is 10.9 Å². The Balaban J connectivity index is 1.63. The van der Waals surface area contributed by atoms with Crippen LogP contribution < -0.4 is 10.7 Å². The third kappa shape index (κ3) is 2.88. The predicted octanol–water partition coefficient (Wildman–Crippen LogP) is 2.02. The van der Waals surface area contributed by atoms with Crippen LogP contribution in [0.15, 0.2) is 53.3 Å². The van der Waals surface area contributed by atoms with Gasteiger partial charge in [0.2, 0.25) is 5.43 Å². The number of nitrogens with one attached hydrogen (secondary N) is 2. The topological polar surface area (TPSA) is 78.1 Å². The SMILES string of the molecule is Cc1ccccc1C1CN(C(=O)c2n[nH]c3ccccc3c2=O)CCN1. The zero-order valence-electron chi connectivity index (χ0n) is 14.5. The number of hydrogen-bond acceptors (Lipinski definition) is 4. The fourth-order valence-corrected chi connectivity index (χ4v) is 3.49. The Hall–Kier alpha value is -2.99. The van der Waals surface area contributed by atoms with E-state index in [1.165, 1.54) is 11.1 Å². The fourth-order valence-electron chi connectivity index (χ4n) is 3.49. The molecule has 1 saturated heterocycles. The molecule has 3 aromatic rings. The zero-order chi connectivity index (χ0) is 18.1. The van der Waals surface area contributed by atoms with Crippen LogP contribution in [0.5, 0.6) is 0 Å². The van der Waals surface area contributed by atoms with Crippen LogP contribution in [-0.2, 0) is 0 Å². The summed E-state index contributed by atoms with van der Waals surface area (Å²) in [5, 5.41) is 10.8. The molecule has 4 rings (SSSR count). The summed E-state index contributed by atoms with van der Waals surface area (Å²) in [5.41, 5.74) is 2.61. The number of aromatic amines is 1. The quantitative estimate of drug-likeness (QED) is 0.743. The first-order valence-electron chi connectivity index (χ1n) is 8.71. The minimum absolute atomic E-state index is 0.0471. The molecular weight excluding hydrogens is 328 g/mol. The van der Waals surface area contributed by atoms with Crippen molar-refractivity contribution in [3.05, 3.63) is 75.6 Å². The van der Waals surface area contributed by atoms with E-state index in [0.717, 1.165) is 0 Å². The van der Waals surface area contributed by atoms with Crippen LogP contribution in [-0.4, -0.2) is 40.6 Å². The van der Waals surface area contributed by atoms with Gasteiger partial charge in [-0.1, -0.05) is 36.4 Å². The minimum atomic E-state index is -0.324. The van der Waals surface area contributed by atoms with Crippen molar-refractivity contribution in [1.82, 2.24) is 20.4 Å². The van der Waals surface area contributed by atoms with E-state index in [-0.39, 0.29) is 23.1 Å². The Labute approximate surface area is 150 Å². The van der Waals surface area contributed by atoms with Gasteiger partial charge < -0.3 is 10.2 Å². The van der Waals surface area contributed by atoms with Gasteiger partial charge in [-0.3, -0.25) is 14.7 Å². The van der Waals surface area contributed by atoms with Gasteiger partial charge in [-0.25, -0.2) is 0 Å². The second-order valence-corrected chi connectivity index (χ2v) is 6.56. The molecule has 0 radical (unpaired) electrons. The normalized spacial score (nSPS) is 17.4. The monoisotopic (exact) mass is 348 g/mol. The number of rotatable bonds is 2. The van der Waals surface area contributed by atoms with Gasteiger partial charge in [-0.15, -0.1) is 0 Å². The number of H-pyrrole nitrogens is 1. The van der Waals surface area contributed by atoms with Crippen molar-refractivity contribution in [3.63, 3.8) is 0 Å². The van der Waals surface area contributed by atoms with Gasteiger partial charge in [0.15, 0.2) is 5.69 Å². The highest BCUT2D eigenvalue weighted by atomic mass is 16.2. The number of carbonyl (C=O) groups is 1. The molecule has 1 aliphatic rings. The van der Waals surface area contributed by atoms with Crippen LogP contribution in [0.3, 0.4) is 0 Å². The number of para-hydroxylation sites is 1. The molecule has 0 bridgehead atoms. The van der Waals surface area contributed by atoms with Crippen molar-refractivity contribution in [2.45, 2.75) is 13.0 Å². The lowest BCUT2D eigenvalue weighted by atomic mass is 9.99. The van der Waals surface area contributed by atoms with Crippen LogP contribution in [0.4, 0.5) is 0 Å². The van der Waals surface area contributed by atoms with E-state index in [0.29, 0.717) is 30.5 Å². The molecule has 1 unspecified atom stereocenters. The second-order valence-electron chi connectivity index (χ2n) is 6.56. The molecule has 1 aromatic heterocycles. The van der Waals surface area contributed by atoms with Crippen molar-refractivity contribution in [2.75, 3.05) is 19.6 Å². The van der Waals surface area contributed by atoms with Gasteiger partial charge in [0.1, 0.15) is 0 Å². The Kier molecular flexibility index (Phi) is 4.26. The van der Waals surface area contributed by atoms with E-state index in [2.05, 4.69) is 34.6 Å². The van der Waals surface area contributed by atoms with E-state index in [9.17, 15) is 9.59 Å². The summed E-state index contributed by atoms with van der Waals surface area (Å²) in [6.07, 6.45) is 0. The van der Waals surface area contributed by atoms with Crippen LogP contribution in [0.1, 0.15) is 27.7 Å². The number of benzene rings is 2. The number of carbonyl (C=O) groups excluding carboxylic acids is 1. The first kappa shape index (κ1) is 16.5. The summed E-state index contributed by atoms with van der Waals surface area (Å²) < 4.78 is 0. The summed E-state index contributed by atoms with van der Waals surface area (Å²) in [5.74, 6) is -0.322. The van der Waals surface area contributed by atoms with Gasteiger partial charge >= 0.3 is 0 Å². The molecule has 1 atom stereocenters. The first-order chi connectivity index (χ1) is 12.6. The molecular formula is C20H20N4O2. The number of nitrogens with zero attached hydrogens (tertiary/aromatic N) is 2. The third-order valence-corrected chi connectivity index (χ3v) is 4.90. The van der Waals surface area contributed by atoms with Crippen LogP contribution in [0.2, 0.25) is 0 Å². The van der Waals surface area contributed by atoms with E-state index in [1.807, 2.05) is 18.2 Å². The maximum Gasteiger partial charge on any atom is 0.278 e. The number of amides is 1. The predicted molar refractivity (Wildman–Crippen MR) is 100 cm³/mol. The Bertz CT molecular complexity index is 1030. The molecule has 1 aliphatic heterocycles. The van der Waals surface area contributed by atoms with E-state index >= 15 is 0 Å². The molecule has 1 amide bonds. The van der Waals surface area contributed by atoms with Gasteiger partial charge in [-0.05, 0) is 30.2 Å². The molecule has 2 N–H and O–H groups in total. The minimum Gasteiger partial charge on any atom is -0.334 e. The lowest BCUT2D eigenvalue weighted by molar-refractivity contribution is 0.0694. The summed E-state index contributed by atoms with van der Waals surface area (Å²) >= 11 is 0. The second kappa shape index (κ2) is 6.72. The Morgan fingerprint density at radius 2 is 1.92 bits per heavy atom. The third-order valence-electron chi connectivity index (χ3n) is 4.90. The van der Waals surface area contributed by atoms with Crippen molar-refractivity contribution in [3.8, 4) is 0 Å². The van der Waals surface area contributed by atoms with Gasteiger partial charge in [0, 0.05) is 25.0 Å². The highest BCUT2D eigenvalue weighted by Gasteiger charge is 2.28. The van der Waals surface area contributed by atoms with Crippen molar-refractivity contribution in [2.24, 2.45) is 0 Å². The molecule has 6 heteroatoms. The maximum absolute atomic E-state index is 12.9. The molecule has 2 aromatic carbocycles. The molecule has 0 spiro atoms. The maximum atomic E-state index is 12.9. The van der Waals surface area contributed by atoms with Crippen molar-refractivity contribution >= 4 is 16.8 Å². The highest BCUT2D eigenvalue weighted by molar-refractivity contribution is 5.95. The lowest BCUT2D eigenvalue weighted by Crippen LogP contribution is -2.49. The van der Waals surface area contributed by atoms with Gasteiger partial charge in [0.25, 0.3) is 5.91 Å². The smallest absolute Gasteiger partial charge is 0.278 e. The van der Waals surface area contributed by atoms with E-state index in [4.69, 9.17) is 0 Å².